The van der Waals surface area contributed by atoms with Crippen LogP contribution in [0.4, 0.5) is 0 Å². The highest BCUT2D eigenvalue weighted by Crippen LogP contribution is 2.28. The van der Waals surface area contributed by atoms with Gasteiger partial charge in [-0.2, -0.15) is 0 Å². The van der Waals surface area contributed by atoms with Gasteiger partial charge in [-0.15, -0.1) is 0 Å². The Labute approximate surface area is 135 Å². The lowest BCUT2D eigenvalue weighted by atomic mass is 9.96. The predicted molar refractivity (Wildman–Crippen MR) is 90.7 cm³/mol. The minimum absolute atomic E-state index is 0.0344. The summed E-state index contributed by atoms with van der Waals surface area (Å²) in [7, 11) is 0. The van der Waals surface area contributed by atoms with Crippen LogP contribution in [0.5, 0.6) is 5.75 Å². The molecule has 0 aliphatic carbocycles. The average molecular weight is 303 g/mol. The Kier molecular flexibility index (Phi) is 4.48. The summed E-state index contributed by atoms with van der Waals surface area (Å²) >= 11 is 0. The van der Waals surface area contributed by atoms with Crippen LogP contribution >= 0.6 is 0 Å². The fourth-order valence-corrected chi connectivity index (χ4v) is 2.46. The molecule has 0 bridgehead atoms. The molecular formula is C20H17NO2. The molecule has 2 aromatic carbocycles. The van der Waals surface area contributed by atoms with Gasteiger partial charge >= 0.3 is 0 Å². The van der Waals surface area contributed by atoms with Crippen molar-refractivity contribution < 1.29 is 9.53 Å². The topological polar surface area (TPSA) is 39.2 Å². The van der Waals surface area contributed by atoms with Crippen molar-refractivity contribution >= 4 is 5.78 Å². The average Bonchev–Trinajstić information content (AvgIpc) is 2.63. The molecule has 1 heterocycles. The monoisotopic (exact) mass is 303 g/mol. The first-order valence-electron chi connectivity index (χ1n) is 7.57. The largest absolute Gasteiger partial charge is 0.494 e. The van der Waals surface area contributed by atoms with E-state index >= 15 is 0 Å². The molecule has 0 unspecified atom stereocenters. The molecule has 3 nitrogen and oxygen atoms in total. The minimum Gasteiger partial charge on any atom is -0.494 e. The zero-order valence-electron chi connectivity index (χ0n) is 12.9. The maximum absolute atomic E-state index is 12.9. The number of benzene rings is 2. The normalized spacial score (nSPS) is 10.3. The summed E-state index contributed by atoms with van der Waals surface area (Å²) in [6.07, 6.45) is 1.72. The standard InChI is InChI=1S/C20H17NO2/c1-2-23-16-11-12-17(19-10-6-7-13-21-19)18(14-16)20(22)15-8-4-3-5-9-15/h3-14H,2H2,1H3. The summed E-state index contributed by atoms with van der Waals surface area (Å²) in [5.74, 6) is 0.652. The molecule has 3 aromatic rings. The first kappa shape index (κ1) is 15.0. The molecule has 0 amide bonds. The van der Waals surface area contributed by atoms with Gasteiger partial charge in [0.15, 0.2) is 5.78 Å². The van der Waals surface area contributed by atoms with E-state index in [9.17, 15) is 4.79 Å². The van der Waals surface area contributed by atoms with Crippen molar-refractivity contribution in [2.75, 3.05) is 6.61 Å². The maximum Gasteiger partial charge on any atom is 0.193 e. The molecule has 0 N–H and O–H groups in total. The van der Waals surface area contributed by atoms with Crippen LogP contribution < -0.4 is 4.74 Å². The number of aromatic nitrogens is 1. The Morgan fingerprint density at radius 2 is 1.78 bits per heavy atom. The number of hydrogen-bond acceptors (Lipinski definition) is 3. The van der Waals surface area contributed by atoms with E-state index < -0.39 is 0 Å². The van der Waals surface area contributed by atoms with Gasteiger partial charge in [0.25, 0.3) is 0 Å². The highest BCUT2D eigenvalue weighted by atomic mass is 16.5. The van der Waals surface area contributed by atoms with Gasteiger partial charge in [-0.25, -0.2) is 0 Å². The van der Waals surface area contributed by atoms with Crippen LogP contribution in [0.3, 0.4) is 0 Å². The third-order valence-electron chi connectivity index (χ3n) is 3.52. The summed E-state index contributed by atoms with van der Waals surface area (Å²) in [6, 6.07) is 20.5. The van der Waals surface area contributed by atoms with Crippen molar-refractivity contribution in [1.29, 1.82) is 0 Å². The van der Waals surface area contributed by atoms with E-state index in [-0.39, 0.29) is 5.78 Å². The van der Waals surface area contributed by atoms with Crippen LogP contribution in [-0.4, -0.2) is 17.4 Å². The fraction of sp³-hybridized carbons (Fsp3) is 0.100. The second-order valence-electron chi connectivity index (χ2n) is 5.05. The first-order chi connectivity index (χ1) is 11.3. The number of carbonyl (C=O) groups excluding carboxylic acids is 1. The van der Waals surface area contributed by atoms with E-state index in [2.05, 4.69) is 4.98 Å². The highest BCUT2D eigenvalue weighted by Gasteiger charge is 2.16. The number of rotatable bonds is 5. The molecule has 23 heavy (non-hydrogen) atoms. The molecule has 0 saturated carbocycles. The molecule has 0 spiro atoms. The van der Waals surface area contributed by atoms with Crippen LogP contribution in [0.15, 0.2) is 72.9 Å². The molecular weight excluding hydrogens is 286 g/mol. The van der Waals surface area contributed by atoms with Crippen molar-refractivity contribution in [2.45, 2.75) is 6.92 Å². The van der Waals surface area contributed by atoms with Crippen LogP contribution in [0.1, 0.15) is 22.8 Å². The number of pyridine rings is 1. The molecule has 0 saturated heterocycles. The second kappa shape index (κ2) is 6.88. The summed E-state index contributed by atoms with van der Waals surface area (Å²) in [5, 5.41) is 0. The molecule has 114 valence electrons. The Bertz CT molecular complexity index is 798. The molecule has 0 atom stereocenters. The Morgan fingerprint density at radius 3 is 2.48 bits per heavy atom. The van der Waals surface area contributed by atoms with Gasteiger partial charge < -0.3 is 4.74 Å². The van der Waals surface area contributed by atoms with Crippen molar-refractivity contribution in [1.82, 2.24) is 4.98 Å². The lowest BCUT2D eigenvalue weighted by Crippen LogP contribution is -2.05. The van der Waals surface area contributed by atoms with Gasteiger partial charge in [-0.1, -0.05) is 36.4 Å². The van der Waals surface area contributed by atoms with E-state index in [0.29, 0.717) is 23.5 Å². The Hall–Kier alpha value is -2.94. The third kappa shape index (κ3) is 3.29. The van der Waals surface area contributed by atoms with Gasteiger partial charge in [-0.05, 0) is 37.3 Å². The molecule has 0 aliphatic heterocycles. The number of hydrogen-bond donors (Lipinski definition) is 0. The molecule has 0 fully saturated rings. The summed E-state index contributed by atoms with van der Waals surface area (Å²) in [6.45, 7) is 2.48. The third-order valence-corrected chi connectivity index (χ3v) is 3.52. The molecule has 0 aliphatic rings. The van der Waals surface area contributed by atoms with Gasteiger partial charge in [0.2, 0.25) is 0 Å². The lowest BCUT2D eigenvalue weighted by molar-refractivity contribution is 0.103. The lowest BCUT2D eigenvalue weighted by Gasteiger charge is -2.11. The zero-order valence-corrected chi connectivity index (χ0v) is 12.9. The highest BCUT2D eigenvalue weighted by molar-refractivity contribution is 6.12. The molecule has 3 heteroatoms. The zero-order chi connectivity index (χ0) is 16.1. The molecule has 3 rings (SSSR count). The smallest absolute Gasteiger partial charge is 0.193 e. The molecule has 0 radical (unpaired) electrons. The second-order valence-corrected chi connectivity index (χ2v) is 5.05. The van der Waals surface area contributed by atoms with Crippen LogP contribution in [-0.2, 0) is 0 Å². The summed E-state index contributed by atoms with van der Waals surface area (Å²) in [5.41, 5.74) is 2.83. The van der Waals surface area contributed by atoms with Gasteiger partial charge in [0, 0.05) is 22.9 Å². The first-order valence-corrected chi connectivity index (χ1v) is 7.57. The number of ketones is 1. The SMILES string of the molecule is CCOc1ccc(-c2ccccn2)c(C(=O)c2ccccc2)c1. The van der Waals surface area contributed by atoms with E-state index in [1.807, 2.05) is 67.6 Å². The summed E-state index contributed by atoms with van der Waals surface area (Å²) < 4.78 is 5.55. The van der Waals surface area contributed by atoms with E-state index in [4.69, 9.17) is 4.74 Å². The quantitative estimate of drug-likeness (QED) is 0.657. The van der Waals surface area contributed by atoms with E-state index in [1.54, 1.807) is 12.3 Å². The minimum atomic E-state index is -0.0344. The van der Waals surface area contributed by atoms with Crippen molar-refractivity contribution in [2.24, 2.45) is 0 Å². The van der Waals surface area contributed by atoms with Crippen LogP contribution in [0, 0.1) is 0 Å². The van der Waals surface area contributed by atoms with Crippen molar-refractivity contribution in [3.8, 4) is 17.0 Å². The van der Waals surface area contributed by atoms with Gasteiger partial charge in [0.1, 0.15) is 5.75 Å². The summed E-state index contributed by atoms with van der Waals surface area (Å²) in [4.78, 5) is 17.3. The number of carbonyl (C=O) groups is 1. The predicted octanol–water partition coefficient (Wildman–Crippen LogP) is 4.38. The Morgan fingerprint density at radius 1 is 1.00 bits per heavy atom. The van der Waals surface area contributed by atoms with E-state index in [0.717, 1.165) is 11.3 Å². The van der Waals surface area contributed by atoms with Crippen molar-refractivity contribution in [3.63, 3.8) is 0 Å². The number of nitrogens with zero attached hydrogens (tertiary/aromatic N) is 1. The van der Waals surface area contributed by atoms with Crippen LogP contribution in [0.25, 0.3) is 11.3 Å². The maximum atomic E-state index is 12.9. The number of ether oxygens (including phenoxy) is 1. The molecule has 1 aromatic heterocycles. The van der Waals surface area contributed by atoms with E-state index in [1.165, 1.54) is 0 Å². The van der Waals surface area contributed by atoms with Crippen LogP contribution in [0.2, 0.25) is 0 Å². The van der Waals surface area contributed by atoms with Gasteiger partial charge in [-0.3, -0.25) is 9.78 Å². The Balaban J connectivity index is 2.12. The van der Waals surface area contributed by atoms with Gasteiger partial charge in [0.05, 0.1) is 12.3 Å². The van der Waals surface area contributed by atoms with Crippen molar-refractivity contribution in [3.05, 3.63) is 84.1 Å². The fourth-order valence-electron chi connectivity index (χ4n) is 2.46.